The molecule has 0 aliphatic carbocycles. The molecule has 0 fully saturated rings. The van der Waals surface area contributed by atoms with Gasteiger partial charge in [0.15, 0.2) is 0 Å². The van der Waals surface area contributed by atoms with Gasteiger partial charge in [-0.1, -0.05) is 32.0 Å². The van der Waals surface area contributed by atoms with Crippen LogP contribution in [0.4, 0.5) is 0 Å². The van der Waals surface area contributed by atoms with Crippen LogP contribution in [-0.4, -0.2) is 48.0 Å². The van der Waals surface area contributed by atoms with Crippen LogP contribution in [0.5, 0.6) is 0 Å². The predicted molar refractivity (Wildman–Crippen MR) is 127 cm³/mol. The van der Waals surface area contributed by atoms with Gasteiger partial charge < -0.3 is 20.2 Å². The number of carbonyl (C=O) groups is 1. The van der Waals surface area contributed by atoms with Gasteiger partial charge in [-0.3, -0.25) is 9.59 Å². The number of fused-ring (bicyclic) bond motifs is 2. The van der Waals surface area contributed by atoms with Crippen LogP contribution < -0.4 is 10.9 Å². The van der Waals surface area contributed by atoms with Gasteiger partial charge in [-0.05, 0) is 61.3 Å². The van der Waals surface area contributed by atoms with Crippen molar-refractivity contribution in [1.29, 1.82) is 0 Å². The quantitative estimate of drug-likeness (QED) is 0.444. The Labute approximate surface area is 181 Å². The molecule has 31 heavy (non-hydrogen) atoms. The molecule has 2 heterocycles. The van der Waals surface area contributed by atoms with E-state index in [-0.39, 0.29) is 16.9 Å². The molecule has 0 aliphatic rings. The summed E-state index contributed by atoms with van der Waals surface area (Å²) in [6.07, 6.45) is 0. The highest BCUT2D eigenvalue weighted by Gasteiger charge is 2.20. The Morgan fingerprint density at radius 1 is 0.968 bits per heavy atom. The number of nitrogens with zero attached hydrogens (tertiary/aromatic N) is 1. The maximum Gasteiger partial charge on any atom is 0.257 e. The number of para-hydroxylation sites is 1. The van der Waals surface area contributed by atoms with Crippen LogP contribution in [-0.2, 0) is 0 Å². The van der Waals surface area contributed by atoms with E-state index < -0.39 is 0 Å². The number of rotatable bonds is 6. The van der Waals surface area contributed by atoms with Gasteiger partial charge in [-0.25, -0.2) is 0 Å². The molecule has 6 heteroatoms. The molecule has 160 valence electrons. The zero-order valence-electron chi connectivity index (χ0n) is 18.4. The topological polar surface area (TPSA) is 81.0 Å². The molecule has 0 atom stereocenters. The lowest BCUT2D eigenvalue weighted by molar-refractivity contribution is 0.0929. The molecule has 0 unspecified atom stereocenters. The number of hydrogen-bond acceptors (Lipinski definition) is 3. The molecule has 0 radical (unpaired) electrons. The van der Waals surface area contributed by atoms with E-state index in [1.54, 1.807) is 0 Å². The summed E-state index contributed by atoms with van der Waals surface area (Å²) in [6.45, 7) is 5.74. The van der Waals surface area contributed by atoms with Crippen molar-refractivity contribution in [2.45, 2.75) is 13.8 Å². The fourth-order valence-electron chi connectivity index (χ4n) is 4.10. The monoisotopic (exact) mass is 416 g/mol. The molecule has 4 aromatic rings. The molecule has 0 aliphatic heterocycles. The Morgan fingerprint density at radius 3 is 2.48 bits per heavy atom. The largest absolute Gasteiger partial charge is 0.354 e. The molecule has 0 saturated heterocycles. The van der Waals surface area contributed by atoms with E-state index in [2.05, 4.69) is 34.0 Å². The number of carbonyl (C=O) groups excluding carboxylic acids is 1. The second-order valence-electron chi connectivity index (χ2n) is 9.17. The van der Waals surface area contributed by atoms with Crippen LogP contribution in [0, 0.1) is 5.41 Å². The Morgan fingerprint density at radius 2 is 1.71 bits per heavy atom. The lowest BCUT2D eigenvalue weighted by atomic mass is 9.93. The van der Waals surface area contributed by atoms with Crippen molar-refractivity contribution in [1.82, 2.24) is 20.2 Å². The minimum absolute atomic E-state index is 0.0262. The Hall–Kier alpha value is -3.38. The van der Waals surface area contributed by atoms with Crippen molar-refractivity contribution in [2.24, 2.45) is 5.41 Å². The van der Waals surface area contributed by atoms with Crippen molar-refractivity contribution in [2.75, 3.05) is 27.2 Å². The lowest BCUT2D eigenvalue weighted by Gasteiger charge is -2.28. The van der Waals surface area contributed by atoms with Gasteiger partial charge in [0.2, 0.25) is 0 Å². The summed E-state index contributed by atoms with van der Waals surface area (Å²) in [5.74, 6) is -0.0972. The van der Waals surface area contributed by atoms with Gasteiger partial charge in [0.25, 0.3) is 11.5 Å². The summed E-state index contributed by atoms with van der Waals surface area (Å²) in [5.41, 5.74) is 3.42. The first-order chi connectivity index (χ1) is 14.7. The minimum Gasteiger partial charge on any atom is -0.354 e. The summed E-state index contributed by atoms with van der Waals surface area (Å²) in [7, 11) is 4.06. The van der Waals surface area contributed by atoms with Crippen molar-refractivity contribution in [3.8, 4) is 11.3 Å². The molecule has 2 aromatic carbocycles. The van der Waals surface area contributed by atoms with E-state index in [9.17, 15) is 9.59 Å². The molecule has 0 bridgehead atoms. The van der Waals surface area contributed by atoms with Crippen LogP contribution >= 0.6 is 0 Å². The van der Waals surface area contributed by atoms with E-state index in [1.165, 1.54) is 0 Å². The summed E-state index contributed by atoms with van der Waals surface area (Å²) in [4.78, 5) is 33.7. The molecule has 1 amide bonds. The van der Waals surface area contributed by atoms with Crippen molar-refractivity contribution < 1.29 is 4.79 Å². The van der Waals surface area contributed by atoms with Crippen LogP contribution in [0.15, 0.2) is 59.4 Å². The summed E-state index contributed by atoms with van der Waals surface area (Å²) >= 11 is 0. The number of aromatic amines is 2. The Bertz CT molecular complexity index is 1310. The maximum absolute atomic E-state index is 12.7. The lowest BCUT2D eigenvalue weighted by Crippen LogP contribution is -2.39. The normalized spacial score (nSPS) is 12.0. The van der Waals surface area contributed by atoms with Gasteiger partial charge in [0.1, 0.15) is 0 Å². The fraction of sp³-hybridized carbons (Fsp3) is 0.280. The highest BCUT2D eigenvalue weighted by Crippen LogP contribution is 2.25. The van der Waals surface area contributed by atoms with Crippen LogP contribution in [0.25, 0.3) is 33.1 Å². The highest BCUT2D eigenvalue weighted by atomic mass is 16.1. The van der Waals surface area contributed by atoms with Crippen LogP contribution in [0.1, 0.15) is 24.2 Å². The third-order valence-electron chi connectivity index (χ3n) is 5.40. The van der Waals surface area contributed by atoms with E-state index >= 15 is 0 Å². The zero-order valence-corrected chi connectivity index (χ0v) is 18.4. The third-order valence-corrected chi connectivity index (χ3v) is 5.40. The second kappa shape index (κ2) is 8.04. The summed E-state index contributed by atoms with van der Waals surface area (Å²) in [6, 6.07) is 17.1. The second-order valence-corrected chi connectivity index (χ2v) is 9.17. The SMILES string of the molecule is CN(C)CC(C)(C)CNC(=O)c1ccc2[nH]c(-c3cc4ccccc4[nH]c3=O)cc2c1. The molecule has 4 rings (SSSR count). The van der Waals surface area contributed by atoms with Crippen molar-refractivity contribution in [3.05, 3.63) is 70.5 Å². The Kier molecular flexibility index (Phi) is 5.41. The first kappa shape index (κ1) is 20.9. The Balaban J connectivity index is 1.60. The van der Waals surface area contributed by atoms with Gasteiger partial charge in [0, 0.05) is 35.1 Å². The van der Waals surface area contributed by atoms with Gasteiger partial charge in [0.05, 0.1) is 11.3 Å². The maximum atomic E-state index is 12.7. The number of amides is 1. The zero-order chi connectivity index (χ0) is 22.2. The molecule has 2 aromatic heterocycles. The molecule has 0 spiro atoms. The molecule has 6 nitrogen and oxygen atoms in total. The first-order valence-corrected chi connectivity index (χ1v) is 10.4. The number of benzene rings is 2. The number of nitrogens with one attached hydrogen (secondary N) is 3. The first-order valence-electron chi connectivity index (χ1n) is 10.4. The number of aromatic nitrogens is 2. The molecular formula is C25H28N4O2. The van der Waals surface area contributed by atoms with E-state index in [1.807, 2.05) is 68.7 Å². The smallest absolute Gasteiger partial charge is 0.257 e. The summed E-state index contributed by atoms with van der Waals surface area (Å²) in [5, 5.41) is 4.91. The van der Waals surface area contributed by atoms with Gasteiger partial charge in [-0.15, -0.1) is 0 Å². The average molecular weight is 417 g/mol. The van der Waals surface area contributed by atoms with Crippen LogP contribution in [0.2, 0.25) is 0 Å². The van der Waals surface area contributed by atoms with Gasteiger partial charge in [-0.2, -0.15) is 0 Å². The van der Waals surface area contributed by atoms with Crippen molar-refractivity contribution >= 4 is 27.7 Å². The fourth-order valence-corrected chi connectivity index (χ4v) is 4.10. The third kappa shape index (κ3) is 4.54. The predicted octanol–water partition coefficient (Wildman–Crippen LogP) is 3.99. The molecule has 0 saturated carbocycles. The van der Waals surface area contributed by atoms with Gasteiger partial charge >= 0.3 is 0 Å². The van der Waals surface area contributed by atoms with E-state index in [0.717, 1.165) is 34.0 Å². The highest BCUT2D eigenvalue weighted by molar-refractivity contribution is 5.99. The number of H-pyrrole nitrogens is 2. The minimum atomic E-state index is -0.147. The average Bonchev–Trinajstić information content (AvgIpc) is 3.13. The van der Waals surface area contributed by atoms with Crippen molar-refractivity contribution in [3.63, 3.8) is 0 Å². The number of pyridine rings is 1. The summed E-state index contributed by atoms with van der Waals surface area (Å²) < 4.78 is 0. The van der Waals surface area contributed by atoms with E-state index in [0.29, 0.717) is 17.7 Å². The molecule has 3 N–H and O–H groups in total. The standard InChI is InChI=1S/C25H28N4O2/c1-25(2,15-29(3)4)14-26-23(30)17-9-10-21-18(11-17)13-22(27-21)19-12-16-7-5-6-8-20(16)28-24(19)31/h5-13,27H,14-15H2,1-4H3,(H,26,30)(H,28,31). The number of hydrogen-bond donors (Lipinski definition) is 3. The van der Waals surface area contributed by atoms with Crippen LogP contribution in [0.3, 0.4) is 0 Å². The van der Waals surface area contributed by atoms with E-state index in [4.69, 9.17) is 0 Å². The molecular weight excluding hydrogens is 388 g/mol.